The van der Waals surface area contributed by atoms with E-state index in [9.17, 15) is 9.59 Å². The summed E-state index contributed by atoms with van der Waals surface area (Å²) in [5.74, 6) is 0.801. The van der Waals surface area contributed by atoms with E-state index < -0.39 is 0 Å². The normalized spacial score (nSPS) is 12.0. The largest absolute Gasteiger partial charge is 0.493 e. The molecular formula is C21H19N3O4S. The number of benzene rings is 2. The van der Waals surface area contributed by atoms with Gasteiger partial charge in [-0.2, -0.15) is 0 Å². The predicted molar refractivity (Wildman–Crippen MR) is 110 cm³/mol. The Bertz CT molecular complexity index is 1020. The summed E-state index contributed by atoms with van der Waals surface area (Å²) in [5, 5.41) is 7.60. The molecule has 0 radical (unpaired) electrons. The van der Waals surface area contributed by atoms with Gasteiger partial charge in [0.1, 0.15) is 11.5 Å². The molecule has 3 aromatic rings. The number of amides is 2. The van der Waals surface area contributed by atoms with E-state index in [1.54, 1.807) is 12.1 Å². The number of carbonyl (C=O) groups excluding carboxylic acids is 2. The van der Waals surface area contributed by atoms with Gasteiger partial charge in [-0.1, -0.05) is 18.2 Å². The summed E-state index contributed by atoms with van der Waals surface area (Å²) < 4.78 is 10.9. The second kappa shape index (κ2) is 8.74. The van der Waals surface area contributed by atoms with Gasteiger partial charge in [0.15, 0.2) is 11.7 Å². The molecule has 0 bridgehead atoms. The Balaban J connectivity index is 1.25. The number of rotatable bonds is 7. The van der Waals surface area contributed by atoms with Gasteiger partial charge in [0, 0.05) is 17.4 Å². The summed E-state index contributed by atoms with van der Waals surface area (Å²) in [6, 6.07) is 15.0. The molecule has 0 aliphatic carbocycles. The van der Waals surface area contributed by atoms with Crippen molar-refractivity contribution in [3.63, 3.8) is 0 Å². The standard InChI is InChI=1S/C21H19N3O4S/c25-19(11-22-20(26)12-28-16-4-2-1-3-5-16)24-21-23-17(13-29-21)14-6-7-18-15(10-14)8-9-27-18/h1-7,10,13H,8-9,11-12H2,(H,22,26)(H,23,24,25). The molecule has 0 saturated carbocycles. The van der Waals surface area contributed by atoms with Crippen LogP contribution < -0.4 is 20.1 Å². The van der Waals surface area contributed by atoms with Gasteiger partial charge in [0.2, 0.25) is 5.91 Å². The van der Waals surface area contributed by atoms with Crippen LogP contribution >= 0.6 is 11.3 Å². The quantitative estimate of drug-likeness (QED) is 0.626. The van der Waals surface area contributed by atoms with E-state index in [0.29, 0.717) is 17.5 Å². The van der Waals surface area contributed by atoms with Crippen LogP contribution in [0, 0.1) is 0 Å². The van der Waals surface area contributed by atoms with Crippen molar-refractivity contribution in [2.75, 3.05) is 25.1 Å². The molecule has 2 amide bonds. The minimum Gasteiger partial charge on any atom is -0.493 e. The van der Waals surface area contributed by atoms with Gasteiger partial charge in [-0.05, 0) is 35.9 Å². The van der Waals surface area contributed by atoms with Gasteiger partial charge >= 0.3 is 0 Å². The first kappa shape index (κ1) is 18.9. The summed E-state index contributed by atoms with van der Waals surface area (Å²) in [5.41, 5.74) is 2.94. The minimum absolute atomic E-state index is 0.151. The van der Waals surface area contributed by atoms with Crippen LogP contribution in [0.15, 0.2) is 53.9 Å². The maximum absolute atomic E-state index is 12.1. The van der Waals surface area contributed by atoms with Crippen LogP contribution in [-0.2, 0) is 16.0 Å². The van der Waals surface area contributed by atoms with Crippen LogP contribution in [0.5, 0.6) is 11.5 Å². The number of aromatic nitrogens is 1. The zero-order valence-corrected chi connectivity index (χ0v) is 16.3. The summed E-state index contributed by atoms with van der Waals surface area (Å²) in [7, 11) is 0. The maximum Gasteiger partial charge on any atom is 0.258 e. The van der Waals surface area contributed by atoms with Crippen LogP contribution in [0.2, 0.25) is 0 Å². The van der Waals surface area contributed by atoms with Gasteiger partial charge in [0.05, 0.1) is 18.8 Å². The topological polar surface area (TPSA) is 89.5 Å². The Morgan fingerprint density at radius 1 is 1.14 bits per heavy atom. The predicted octanol–water partition coefficient (Wildman–Crippen LogP) is 2.88. The number of hydrogen-bond acceptors (Lipinski definition) is 6. The van der Waals surface area contributed by atoms with Crippen molar-refractivity contribution in [1.82, 2.24) is 10.3 Å². The second-order valence-corrected chi connectivity index (χ2v) is 7.24. The van der Waals surface area contributed by atoms with Gasteiger partial charge in [-0.3, -0.25) is 9.59 Å². The van der Waals surface area contributed by atoms with Crippen molar-refractivity contribution < 1.29 is 19.1 Å². The average Bonchev–Trinajstić information content (AvgIpc) is 3.40. The number of ether oxygens (including phenoxy) is 2. The van der Waals surface area contributed by atoms with E-state index in [1.807, 2.05) is 35.7 Å². The number of carbonyl (C=O) groups is 2. The molecule has 0 unspecified atom stereocenters. The molecule has 0 atom stereocenters. The van der Waals surface area contributed by atoms with Crippen LogP contribution in [-0.4, -0.2) is 36.6 Å². The fraction of sp³-hybridized carbons (Fsp3) is 0.190. The van der Waals surface area contributed by atoms with Gasteiger partial charge in [-0.15, -0.1) is 11.3 Å². The SMILES string of the molecule is O=C(COc1ccccc1)NCC(=O)Nc1nc(-c2ccc3c(c2)CCO3)cs1. The highest BCUT2D eigenvalue weighted by molar-refractivity contribution is 7.14. The van der Waals surface area contributed by atoms with Gasteiger partial charge in [0.25, 0.3) is 5.91 Å². The highest BCUT2D eigenvalue weighted by atomic mass is 32.1. The third-order valence-corrected chi connectivity index (χ3v) is 5.05. The molecule has 148 valence electrons. The number of nitrogens with one attached hydrogen (secondary N) is 2. The summed E-state index contributed by atoms with van der Waals surface area (Å²) >= 11 is 1.34. The Kier molecular flexibility index (Phi) is 5.71. The van der Waals surface area contributed by atoms with Crippen molar-refractivity contribution in [3.05, 3.63) is 59.5 Å². The number of para-hydroxylation sites is 1. The van der Waals surface area contributed by atoms with E-state index in [4.69, 9.17) is 9.47 Å². The Morgan fingerprint density at radius 2 is 2.00 bits per heavy atom. The Morgan fingerprint density at radius 3 is 2.86 bits per heavy atom. The molecule has 0 spiro atoms. The molecule has 29 heavy (non-hydrogen) atoms. The summed E-state index contributed by atoms with van der Waals surface area (Å²) in [4.78, 5) is 28.3. The molecule has 1 aliphatic rings. The molecule has 7 nitrogen and oxygen atoms in total. The lowest BCUT2D eigenvalue weighted by atomic mass is 10.1. The number of anilines is 1. The lowest BCUT2D eigenvalue weighted by Crippen LogP contribution is -2.35. The van der Waals surface area contributed by atoms with Crippen molar-refractivity contribution >= 4 is 28.3 Å². The molecule has 0 saturated heterocycles. The number of thiazole rings is 1. The monoisotopic (exact) mass is 409 g/mol. The first-order chi connectivity index (χ1) is 14.2. The fourth-order valence-electron chi connectivity index (χ4n) is 2.87. The first-order valence-electron chi connectivity index (χ1n) is 9.13. The maximum atomic E-state index is 12.1. The Labute approximate surface area is 171 Å². The lowest BCUT2D eigenvalue weighted by molar-refractivity contribution is -0.125. The summed E-state index contributed by atoms with van der Waals surface area (Å²) in [6.07, 6.45) is 0.893. The molecule has 4 rings (SSSR count). The zero-order valence-electron chi connectivity index (χ0n) is 15.5. The molecule has 2 heterocycles. The van der Waals surface area contributed by atoms with Gasteiger partial charge in [-0.25, -0.2) is 4.98 Å². The highest BCUT2D eigenvalue weighted by Gasteiger charge is 2.15. The number of hydrogen-bond donors (Lipinski definition) is 2. The van der Waals surface area contributed by atoms with Crippen molar-refractivity contribution in [1.29, 1.82) is 0 Å². The van der Waals surface area contributed by atoms with E-state index in [2.05, 4.69) is 21.7 Å². The van der Waals surface area contributed by atoms with Crippen LogP contribution in [0.25, 0.3) is 11.3 Å². The van der Waals surface area contributed by atoms with Crippen molar-refractivity contribution in [3.8, 4) is 22.8 Å². The third kappa shape index (κ3) is 4.91. The number of nitrogens with zero attached hydrogens (tertiary/aromatic N) is 1. The average molecular weight is 409 g/mol. The first-order valence-corrected chi connectivity index (χ1v) is 10.0. The second-order valence-electron chi connectivity index (χ2n) is 6.39. The Hall–Kier alpha value is -3.39. The molecule has 1 aliphatic heterocycles. The van der Waals surface area contributed by atoms with E-state index in [-0.39, 0.29) is 25.0 Å². The smallest absolute Gasteiger partial charge is 0.258 e. The fourth-order valence-corrected chi connectivity index (χ4v) is 3.60. The molecule has 1 aromatic heterocycles. The highest BCUT2D eigenvalue weighted by Crippen LogP contribution is 2.31. The van der Waals surface area contributed by atoms with Crippen LogP contribution in [0.3, 0.4) is 0 Å². The minimum atomic E-state index is -0.371. The zero-order chi connectivity index (χ0) is 20.1. The number of fused-ring (bicyclic) bond motifs is 1. The van der Waals surface area contributed by atoms with Gasteiger partial charge < -0.3 is 20.1 Å². The lowest BCUT2D eigenvalue weighted by Gasteiger charge is -2.07. The van der Waals surface area contributed by atoms with Crippen LogP contribution in [0.4, 0.5) is 5.13 Å². The molecule has 2 N–H and O–H groups in total. The summed E-state index contributed by atoms with van der Waals surface area (Å²) in [6.45, 7) is 0.405. The molecule has 2 aromatic carbocycles. The van der Waals surface area contributed by atoms with Crippen LogP contribution in [0.1, 0.15) is 5.56 Å². The molecule has 0 fully saturated rings. The van der Waals surface area contributed by atoms with E-state index >= 15 is 0 Å². The molecule has 8 heteroatoms. The third-order valence-electron chi connectivity index (χ3n) is 4.30. The molecular weight excluding hydrogens is 390 g/mol. The van der Waals surface area contributed by atoms with E-state index in [1.165, 1.54) is 16.9 Å². The van der Waals surface area contributed by atoms with Crippen molar-refractivity contribution in [2.45, 2.75) is 6.42 Å². The van der Waals surface area contributed by atoms with E-state index in [0.717, 1.165) is 23.4 Å². The van der Waals surface area contributed by atoms with Crippen molar-refractivity contribution in [2.24, 2.45) is 0 Å².